The first-order chi connectivity index (χ1) is 10.3. The fraction of sp³-hybridized carbons (Fsp3) is 0.500. The van der Waals surface area contributed by atoms with E-state index < -0.39 is 0 Å². The molecule has 2 aromatic rings. The molecule has 0 bridgehead atoms. The molecule has 1 aromatic carbocycles. The average molecular weight is 289 g/mol. The number of hydrogen-bond acceptors (Lipinski definition) is 5. The van der Waals surface area contributed by atoms with Crippen molar-refractivity contribution in [2.24, 2.45) is 0 Å². The van der Waals surface area contributed by atoms with E-state index in [4.69, 9.17) is 9.26 Å². The van der Waals surface area contributed by atoms with E-state index in [1.807, 2.05) is 25.2 Å². The molecule has 0 saturated carbocycles. The van der Waals surface area contributed by atoms with Crippen LogP contribution in [0.5, 0.6) is 0 Å². The first-order valence-electron chi connectivity index (χ1n) is 7.30. The van der Waals surface area contributed by atoms with Crippen LogP contribution in [0.1, 0.15) is 42.6 Å². The molecule has 1 aromatic heterocycles. The number of methoxy groups -OCH3 is 1. The van der Waals surface area contributed by atoms with Gasteiger partial charge in [0, 0.05) is 26.2 Å². The van der Waals surface area contributed by atoms with Crippen molar-refractivity contribution in [1.29, 1.82) is 0 Å². The summed E-state index contributed by atoms with van der Waals surface area (Å²) in [6.07, 6.45) is 1.68. The molecule has 21 heavy (non-hydrogen) atoms. The minimum atomic E-state index is 0.112. The summed E-state index contributed by atoms with van der Waals surface area (Å²) in [5, 5.41) is 7.38. The van der Waals surface area contributed by atoms with Gasteiger partial charge in [-0.25, -0.2) is 0 Å². The molecular weight excluding hydrogens is 266 g/mol. The smallest absolute Gasteiger partial charge is 0.231 e. The molecule has 2 atom stereocenters. The number of benzene rings is 1. The van der Waals surface area contributed by atoms with Gasteiger partial charge in [-0.05, 0) is 19.0 Å². The van der Waals surface area contributed by atoms with Crippen LogP contribution in [0.4, 0.5) is 0 Å². The Morgan fingerprint density at radius 1 is 1.29 bits per heavy atom. The van der Waals surface area contributed by atoms with Gasteiger partial charge in [0.05, 0.1) is 5.92 Å². The fourth-order valence-electron chi connectivity index (χ4n) is 2.44. The molecular formula is C16H23N3O2. The summed E-state index contributed by atoms with van der Waals surface area (Å²) >= 11 is 0. The highest BCUT2D eigenvalue weighted by Gasteiger charge is 2.24. The second kappa shape index (κ2) is 7.90. The third-order valence-electron chi connectivity index (χ3n) is 3.59. The molecule has 0 spiro atoms. The molecule has 1 heterocycles. The Labute approximate surface area is 125 Å². The van der Waals surface area contributed by atoms with Crippen LogP contribution in [-0.2, 0) is 11.2 Å². The summed E-state index contributed by atoms with van der Waals surface area (Å²) < 4.78 is 10.5. The van der Waals surface area contributed by atoms with Gasteiger partial charge in [0.1, 0.15) is 0 Å². The van der Waals surface area contributed by atoms with Gasteiger partial charge in [0.2, 0.25) is 5.89 Å². The van der Waals surface area contributed by atoms with Gasteiger partial charge < -0.3 is 14.6 Å². The van der Waals surface area contributed by atoms with Gasteiger partial charge in [-0.1, -0.05) is 42.4 Å². The Bertz CT molecular complexity index is 527. The largest absolute Gasteiger partial charge is 0.385 e. The summed E-state index contributed by atoms with van der Waals surface area (Å²) in [6, 6.07) is 10.5. The third kappa shape index (κ3) is 4.12. The molecule has 0 radical (unpaired) electrons. The predicted octanol–water partition coefficient (Wildman–Crippen LogP) is 2.71. The molecule has 114 valence electrons. The summed E-state index contributed by atoms with van der Waals surface area (Å²) in [7, 11) is 3.64. The molecule has 1 N–H and O–H groups in total. The van der Waals surface area contributed by atoms with Crippen molar-refractivity contribution in [2.45, 2.75) is 31.7 Å². The van der Waals surface area contributed by atoms with Gasteiger partial charge in [-0.15, -0.1) is 0 Å². The van der Waals surface area contributed by atoms with E-state index in [0.29, 0.717) is 12.5 Å². The summed E-state index contributed by atoms with van der Waals surface area (Å²) in [5.74, 6) is 1.53. The lowest BCUT2D eigenvalue weighted by Gasteiger charge is -2.21. The predicted molar refractivity (Wildman–Crippen MR) is 81.2 cm³/mol. The van der Waals surface area contributed by atoms with Crippen LogP contribution >= 0.6 is 0 Å². The molecule has 5 nitrogen and oxygen atoms in total. The molecule has 0 aliphatic carbocycles. The number of aromatic nitrogens is 2. The molecule has 5 heteroatoms. The van der Waals surface area contributed by atoms with E-state index in [0.717, 1.165) is 18.7 Å². The maximum Gasteiger partial charge on any atom is 0.231 e. The van der Waals surface area contributed by atoms with Crippen molar-refractivity contribution < 1.29 is 9.26 Å². The topological polar surface area (TPSA) is 60.2 Å². The number of nitrogens with zero attached hydrogens (tertiary/aromatic N) is 2. The van der Waals surface area contributed by atoms with Crippen LogP contribution in [0, 0.1) is 0 Å². The second-order valence-corrected chi connectivity index (χ2v) is 5.11. The van der Waals surface area contributed by atoms with E-state index in [1.165, 1.54) is 5.56 Å². The van der Waals surface area contributed by atoms with Crippen molar-refractivity contribution in [3.8, 4) is 0 Å². The molecule has 2 rings (SSSR count). The van der Waals surface area contributed by atoms with Crippen LogP contribution in [0.25, 0.3) is 0 Å². The van der Waals surface area contributed by atoms with E-state index in [9.17, 15) is 0 Å². The first-order valence-corrected chi connectivity index (χ1v) is 7.30. The zero-order chi connectivity index (χ0) is 15.1. The Balaban J connectivity index is 2.06. The van der Waals surface area contributed by atoms with Gasteiger partial charge in [-0.3, -0.25) is 0 Å². The van der Waals surface area contributed by atoms with Crippen molar-refractivity contribution in [1.82, 2.24) is 15.5 Å². The van der Waals surface area contributed by atoms with Crippen LogP contribution in [-0.4, -0.2) is 30.9 Å². The average Bonchev–Trinajstić information content (AvgIpc) is 2.98. The van der Waals surface area contributed by atoms with Crippen molar-refractivity contribution >= 4 is 0 Å². The van der Waals surface area contributed by atoms with E-state index >= 15 is 0 Å². The zero-order valence-corrected chi connectivity index (χ0v) is 12.9. The van der Waals surface area contributed by atoms with E-state index in [2.05, 4.69) is 34.5 Å². The fourth-order valence-corrected chi connectivity index (χ4v) is 2.44. The lowest BCUT2D eigenvalue weighted by atomic mass is 9.94. The van der Waals surface area contributed by atoms with Gasteiger partial charge in [-0.2, -0.15) is 4.98 Å². The number of aryl methyl sites for hydroxylation is 1. The van der Waals surface area contributed by atoms with Crippen molar-refractivity contribution in [3.63, 3.8) is 0 Å². The highest BCUT2D eigenvalue weighted by Crippen LogP contribution is 2.29. The quantitative estimate of drug-likeness (QED) is 0.757. The van der Waals surface area contributed by atoms with Crippen LogP contribution in [0.3, 0.4) is 0 Å². The number of hydrogen-bond donors (Lipinski definition) is 1. The Morgan fingerprint density at radius 3 is 2.71 bits per heavy atom. The van der Waals surface area contributed by atoms with Crippen LogP contribution in [0.15, 0.2) is 34.9 Å². The van der Waals surface area contributed by atoms with Crippen molar-refractivity contribution in [2.75, 3.05) is 20.8 Å². The first kappa shape index (κ1) is 15.7. The molecule has 0 amide bonds. The van der Waals surface area contributed by atoms with Crippen molar-refractivity contribution in [3.05, 3.63) is 47.6 Å². The second-order valence-electron chi connectivity index (χ2n) is 5.11. The maximum absolute atomic E-state index is 5.42. The summed E-state index contributed by atoms with van der Waals surface area (Å²) in [5.41, 5.74) is 1.21. The van der Waals surface area contributed by atoms with Gasteiger partial charge >= 0.3 is 0 Å². The van der Waals surface area contributed by atoms with E-state index in [-0.39, 0.29) is 12.0 Å². The van der Waals surface area contributed by atoms with Gasteiger partial charge in [0.25, 0.3) is 0 Å². The lowest BCUT2D eigenvalue weighted by molar-refractivity contribution is 0.194. The minimum absolute atomic E-state index is 0.112. The highest BCUT2D eigenvalue weighted by molar-refractivity contribution is 5.21. The Kier molecular flexibility index (Phi) is 5.90. The molecule has 0 aliphatic heterocycles. The minimum Gasteiger partial charge on any atom is -0.385 e. The summed E-state index contributed by atoms with van der Waals surface area (Å²) in [6.45, 7) is 2.81. The monoisotopic (exact) mass is 289 g/mol. The van der Waals surface area contributed by atoms with E-state index in [1.54, 1.807) is 7.11 Å². The van der Waals surface area contributed by atoms with Crippen LogP contribution < -0.4 is 5.32 Å². The Hall–Kier alpha value is -1.72. The SMILES string of the molecule is CNC(c1ccccc1)C(C)c1nc(CCCOC)no1. The van der Waals surface area contributed by atoms with Gasteiger partial charge in [0.15, 0.2) is 5.82 Å². The number of nitrogens with one attached hydrogen (secondary N) is 1. The molecule has 0 saturated heterocycles. The zero-order valence-electron chi connectivity index (χ0n) is 12.9. The number of ether oxygens (including phenoxy) is 1. The summed E-state index contributed by atoms with van der Waals surface area (Å²) in [4.78, 5) is 4.50. The number of rotatable bonds is 8. The highest BCUT2D eigenvalue weighted by atomic mass is 16.5. The lowest BCUT2D eigenvalue weighted by Crippen LogP contribution is -2.22. The Morgan fingerprint density at radius 2 is 2.05 bits per heavy atom. The van der Waals surface area contributed by atoms with Crippen LogP contribution in [0.2, 0.25) is 0 Å². The molecule has 0 fully saturated rings. The standard InChI is InChI=1S/C16H23N3O2/c1-12(15(17-2)13-8-5-4-6-9-13)16-18-14(19-21-16)10-7-11-20-3/h4-6,8-9,12,15,17H,7,10-11H2,1-3H3. The molecule has 2 unspecified atom stereocenters. The third-order valence-corrected chi connectivity index (χ3v) is 3.59. The maximum atomic E-state index is 5.42. The molecule has 0 aliphatic rings. The number of likely N-dealkylation sites (N-methyl/N-ethyl adjacent to an activating group) is 1. The normalized spacial score (nSPS) is 14.0.